The maximum Gasteiger partial charge on any atom is 0.306 e. The van der Waals surface area contributed by atoms with Crippen LogP contribution in [-0.2, 0) is 19.6 Å². The molecule has 2 N–H and O–H groups in total. The maximum atomic E-state index is 11.8. The summed E-state index contributed by atoms with van der Waals surface area (Å²) in [5.41, 5.74) is 0.643. The fraction of sp³-hybridized carbons (Fsp3) is 0.400. The van der Waals surface area contributed by atoms with Crippen LogP contribution in [-0.4, -0.2) is 46.7 Å². The highest BCUT2D eigenvalue weighted by Crippen LogP contribution is 2.18. The number of esters is 1. The highest BCUT2D eigenvalue weighted by Gasteiger charge is 2.17. The van der Waals surface area contributed by atoms with Gasteiger partial charge < -0.3 is 9.72 Å². The lowest BCUT2D eigenvalue weighted by Crippen LogP contribution is -2.21. The minimum atomic E-state index is -3.79. The summed E-state index contributed by atoms with van der Waals surface area (Å²) in [7, 11) is -3.79. The Hall–Kier alpha value is -1.94. The Bertz CT molecular complexity index is 760. The van der Waals surface area contributed by atoms with Crippen molar-refractivity contribution in [3.8, 4) is 0 Å². The van der Waals surface area contributed by atoms with Gasteiger partial charge in [0.2, 0.25) is 16.0 Å². The Morgan fingerprint density at radius 2 is 2.24 bits per heavy atom. The number of fused-ring (bicyclic) bond motifs is 1. The van der Waals surface area contributed by atoms with E-state index in [-0.39, 0.29) is 29.8 Å². The van der Waals surface area contributed by atoms with Crippen LogP contribution in [0.4, 0.5) is 5.95 Å². The van der Waals surface area contributed by atoms with Crippen LogP contribution in [0.2, 0.25) is 5.15 Å². The maximum absolute atomic E-state index is 11.8. The lowest BCUT2D eigenvalue weighted by Gasteiger charge is -2.06. The Balaban J connectivity index is 2.09. The first kappa shape index (κ1) is 15.4. The number of sulfonamides is 1. The second kappa shape index (κ2) is 6.22. The van der Waals surface area contributed by atoms with Crippen LogP contribution in [0.1, 0.15) is 13.3 Å². The van der Waals surface area contributed by atoms with Gasteiger partial charge in [0.15, 0.2) is 10.8 Å². The molecule has 0 amide bonds. The van der Waals surface area contributed by atoms with Gasteiger partial charge in [-0.05, 0) is 6.92 Å². The zero-order chi connectivity index (χ0) is 15.5. The topological polar surface area (TPSA) is 127 Å². The Morgan fingerprint density at radius 1 is 1.48 bits per heavy atom. The average Bonchev–Trinajstić information content (AvgIpc) is 2.85. The normalized spacial score (nSPS) is 11.5. The van der Waals surface area contributed by atoms with Gasteiger partial charge in [0.05, 0.1) is 25.1 Å². The highest BCUT2D eigenvalue weighted by molar-refractivity contribution is 7.92. The number of ether oxygens (including phenoxy) is 1. The van der Waals surface area contributed by atoms with Gasteiger partial charge >= 0.3 is 5.97 Å². The number of hydrogen-bond acceptors (Lipinski definition) is 7. The summed E-state index contributed by atoms with van der Waals surface area (Å²) < 4.78 is 30.4. The Labute approximate surface area is 125 Å². The predicted molar refractivity (Wildman–Crippen MR) is 75.4 cm³/mol. The lowest BCUT2D eigenvalue weighted by atomic mass is 10.5. The molecular formula is C10H12ClN5O4S. The quantitative estimate of drug-likeness (QED) is 0.588. The molecule has 0 aromatic carbocycles. The van der Waals surface area contributed by atoms with E-state index in [2.05, 4.69) is 29.4 Å². The summed E-state index contributed by atoms with van der Waals surface area (Å²) in [5.74, 6) is -1.24. The molecule has 0 atom stereocenters. The van der Waals surface area contributed by atoms with Crippen LogP contribution >= 0.6 is 11.6 Å². The molecule has 0 fully saturated rings. The van der Waals surface area contributed by atoms with Crippen molar-refractivity contribution in [2.75, 3.05) is 17.1 Å². The van der Waals surface area contributed by atoms with Gasteiger partial charge in [0, 0.05) is 0 Å². The molecule has 0 saturated carbocycles. The second-order valence-electron chi connectivity index (χ2n) is 3.92. The molecule has 114 valence electrons. The summed E-state index contributed by atoms with van der Waals surface area (Å²) in [4.78, 5) is 25.4. The van der Waals surface area contributed by atoms with E-state index in [1.54, 1.807) is 6.92 Å². The molecule has 0 bridgehead atoms. The summed E-state index contributed by atoms with van der Waals surface area (Å²) in [6, 6.07) is 0. The molecule has 21 heavy (non-hydrogen) atoms. The van der Waals surface area contributed by atoms with E-state index in [9.17, 15) is 13.2 Å². The van der Waals surface area contributed by atoms with Gasteiger partial charge in [0.1, 0.15) is 5.52 Å². The number of rotatable bonds is 6. The second-order valence-corrected chi connectivity index (χ2v) is 6.12. The van der Waals surface area contributed by atoms with Crippen LogP contribution in [0, 0.1) is 0 Å². The van der Waals surface area contributed by atoms with Crippen LogP contribution in [0.5, 0.6) is 0 Å². The first-order valence-corrected chi connectivity index (χ1v) is 7.97. The zero-order valence-electron chi connectivity index (χ0n) is 11.0. The molecule has 2 rings (SSSR count). The van der Waals surface area contributed by atoms with Crippen molar-refractivity contribution in [1.29, 1.82) is 0 Å². The molecule has 11 heteroatoms. The van der Waals surface area contributed by atoms with E-state index >= 15 is 0 Å². The van der Waals surface area contributed by atoms with E-state index < -0.39 is 21.7 Å². The van der Waals surface area contributed by atoms with Crippen LogP contribution in [0.25, 0.3) is 11.2 Å². The Kier molecular flexibility index (Phi) is 4.58. The van der Waals surface area contributed by atoms with E-state index in [1.165, 1.54) is 6.33 Å². The SMILES string of the molecule is CCOC(=O)CCS(=O)(=O)Nc1nc(Cl)c2[nH]cnc2n1. The molecule has 2 heterocycles. The van der Waals surface area contributed by atoms with Crippen molar-refractivity contribution in [2.24, 2.45) is 0 Å². The van der Waals surface area contributed by atoms with Crippen molar-refractivity contribution in [2.45, 2.75) is 13.3 Å². The number of H-pyrrole nitrogens is 1. The number of carbonyl (C=O) groups is 1. The fourth-order valence-corrected chi connectivity index (χ4v) is 2.61. The van der Waals surface area contributed by atoms with Gasteiger partial charge in [-0.1, -0.05) is 11.6 Å². The molecule has 2 aromatic heterocycles. The summed E-state index contributed by atoms with van der Waals surface area (Å²) in [6.07, 6.45) is 1.10. The Morgan fingerprint density at radius 3 is 2.95 bits per heavy atom. The molecule has 9 nitrogen and oxygen atoms in total. The molecular weight excluding hydrogens is 322 g/mol. The number of anilines is 1. The number of aromatic amines is 1. The van der Waals surface area contributed by atoms with Gasteiger partial charge in [-0.2, -0.15) is 9.97 Å². The van der Waals surface area contributed by atoms with Crippen LogP contribution < -0.4 is 4.72 Å². The monoisotopic (exact) mass is 333 g/mol. The molecule has 0 unspecified atom stereocenters. The number of halogens is 1. The smallest absolute Gasteiger partial charge is 0.306 e. The standard InChI is InChI=1S/C10H12ClN5O4S/c1-2-20-6(17)3-4-21(18,19)16-10-14-8(11)7-9(15-10)13-5-12-7/h5H,2-4H2,1H3,(H2,12,13,14,15,16). The molecule has 0 spiro atoms. The lowest BCUT2D eigenvalue weighted by molar-refractivity contribution is -0.142. The fourth-order valence-electron chi connectivity index (χ4n) is 1.48. The molecule has 0 aliphatic carbocycles. The predicted octanol–water partition coefficient (Wildman–Crippen LogP) is 0.701. The van der Waals surface area contributed by atoms with Gasteiger partial charge in [-0.25, -0.2) is 13.4 Å². The minimum Gasteiger partial charge on any atom is -0.466 e. The third kappa shape index (κ3) is 4.02. The third-order valence-corrected chi connectivity index (χ3v) is 3.88. The van der Waals surface area contributed by atoms with Gasteiger partial charge in [0.25, 0.3) is 0 Å². The number of hydrogen-bond donors (Lipinski definition) is 2. The first-order valence-electron chi connectivity index (χ1n) is 5.94. The third-order valence-electron chi connectivity index (χ3n) is 2.37. The van der Waals surface area contributed by atoms with Gasteiger partial charge in [-0.3, -0.25) is 9.52 Å². The zero-order valence-corrected chi connectivity index (χ0v) is 12.5. The van der Waals surface area contributed by atoms with Crippen LogP contribution in [0.3, 0.4) is 0 Å². The van der Waals surface area contributed by atoms with Crippen molar-refractivity contribution >= 4 is 44.7 Å². The average molecular weight is 334 g/mol. The molecule has 0 saturated heterocycles. The van der Waals surface area contributed by atoms with E-state index in [0.717, 1.165) is 0 Å². The van der Waals surface area contributed by atoms with Crippen LogP contribution in [0.15, 0.2) is 6.33 Å². The minimum absolute atomic E-state index is 0.0422. The number of carbonyl (C=O) groups excluding carboxylic acids is 1. The number of aromatic nitrogens is 4. The summed E-state index contributed by atoms with van der Waals surface area (Å²) in [6.45, 7) is 1.83. The van der Waals surface area contributed by atoms with Crippen molar-refractivity contribution in [3.63, 3.8) is 0 Å². The number of nitrogens with zero attached hydrogens (tertiary/aromatic N) is 3. The number of nitrogens with one attached hydrogen (secondary N) is 2. The van der Waals surface area contributed by atoms with E-state index in [0.29, 0.717) is 5.52 Å². The van der Waals surface area contributed by atoms with Gasteiger partial charge in [-0.15, -0.1) is 0 Å². The van der Waals surface area contributed by atoms with E-state index in [1.807, 2.05) is 0 Å². The van der Waals surface area contributed by atoms with Crippen molar-refractivity contribution in [3.05, 3.63) is 11.5 Å². The molecule has 0 aliphatic heterocycles. The summed E-state index contributed by atoms with van der Waals surface area (Å²) >= 11 is 5.87. The highest BCUT2D eigenvalue weighted by atomic mass is 35.5. The molecule has 0 radical (unpaired) electrons. The van der Waals surface area contributed by atoms with Crippen molar-refractivity contribution in [1.82, 2.24) is 19.9 Å². The number of imidazole rings is 1. The summed E-state index contributed by atoms with van der Waals surface area (Å²) in [5, 5.41) is 0.0422. The van der Waals surface area contributed by atoms with E-state index in [4.69, 9.17) is 11.6 Å². The molecule has 0 aliphatic rings. The largest absolute Gasteiger partial charge is 0.466 e. The van der Waals surface area contributed by atoms with Crippen molar-refractivity contribution < 1.29 is 17.9 Å². The molecule has 2 aromatic rings. The first-order chi connectivity index (χ1) is 9.91.